The van der Waals surface area contributed by atoms with Gasteiger partial charge < -0.3 is 5.73 Å². The van der Waals surface area contributed by atoms with Gasteiger partial charge in [-0.05, 0) is 35.9 Å². The molecule has 17 heavy (non-hydrogen) atoms. The van der Waals surface area contributed by atoms with Crippen LogP contribution in [0, 0.1) is 0 Å². The molecule has 0 fully saturated rings. The van der Waals surface area contributed by atoms with Crippen molar-refractivity contribution in [3.63, 3.8) is 0 Å². The van der Waals surface area contributed by atoms with E-state index in [1.165, 1.54) is 0 Å². The van der Waals surface area contributed by atoms with Crippen molar-refractivity contribution in [1.82, 2.24) is 9.97 Å². The number of benzene rings is 1. The Balaban J connectivity index is 2.22. The molecule has 0 saturated heterocycles. The monoisotopic (exact) mass is 221 g/mol. The fraction of sp³-hybridized carbons (Fsp3) is 0. The van der Waals surface area contributed by atoms with Crippen LogP contribution in [0.1, 0.15) is 0 Å². The van der Waals surface area contributed by atoms with Crippen LogP contribution in [-0.4, -0.2) is 9.97 Å². The lowest BCUT2D eigenvalue weighted by Gasteiger charge is -2.05. The van der Waals surface area contributed by atoms with E-state index in [0.717, 1.165) is 22.0 Å². The Morgan fingerprint density at radius 2 is 1.71 bits per heavy atom. The Hall–Kier alpha value is -2.42. The van der Waals surface area contributed by atoms with Crippen LogP contribution in [0.2, 0.25) is 0 Å². The number of hydrogen-bond donors (Lipinski definition) is 1. The molecule has 2 heterocycles. The second-order valence-electron chi connectivity index (χ2n) is 3.85. The zero-order chi connectivity index (χ0) is 11.7. The van der Waals surface area contributed by atoms with E-state index in [2.05, 4.69) is 16.0 Å². The predicted octanol–water partition coefficient (Wildman–Crippen LogP) is 2.88. The van der Waals surface area contributed by atoms with Crippen LogP contribution < -0.4 is 5.73 Å². The minimum atomic E-state index is 0.552. The standard InChI is InChI=1S/C14H11N3/c15-14-12(4-2-8-17-14)10-5-6-13-11(9-10)3-1-7-16-13/h1-9H,(H2,15,17). The molecule has 0 aliphatic carbocycles. The molecule has 0 bridgehead atoms. The van der Waals surface area contributed by atoms with E-state index >= 15 is 0 Å². The molecule has 82 valence electrons. The van der Waals surface area contributed by atoms with Crippen molar-refractivity contribution >= 4 is 16.7 Å². The third-order valence-electron chi connectivity index (χ3n) is 2.75. The van der Waals surface area contributed by atoms with Gasteiger partial charge in [-0.15, -0.1) is 0 Å². The van der Waals surface area contributed by atoms with Gasteiger partial charge in [-0.2, -0.15) is 0 Å². The lowest BCUT2D eigenvalue weighted by Crippen LogP contribution is -1.92. The van der Waals surface area contributed by atoms with Gasteiger partial charge in [0.2, 0.25) is 0 Å². The number of anilines is 1. The largest absolute Gasteiger partial charge is 0.383 e. The number of aromatic nitrogens is 2. The van der Waals surface area contributed by atoms with Crippen LogP contribution in [0.4, 0.5) is 5.82 Å². The molecule has 3 aromatic rings. The van der Waals surface area contributed by atoms with Crippen molar-refractivity contribution in [1.29, 1.82) is 0 Å². The number of hydrogen-bond acceptors (Lipinski definition) is 3. The minimum Gasteiger partial charge on any atom is -0.383 e. The van der Waals surface area contributed by atoms with Gasteiger partial charge >= 0.3 is 0 Å². The molecule has 0 aliphatic rings. The molecular formula is C14H11N3. The summed E-state index contributed by atoms with van der Waals surface area (Å²) in [6, 6.07) is 13.9. The lowest BCUT2D eigenvalue weighted by molar-refractivity contribution is 1.34. The van der Waals surface area contributed by atoms with E-state index in [0.29, 0.717) is 5.82 Å². The second-order valence-corrected chi connectivity index (χ2v) is 3.85. The molecule has 0 radical (unpaired) electrons. The number of nitrogens with zero attached hydrogens (tertiary/aromatic N) is 2. The number of pyridine rings is 2. The highest BCUT2D eigenvalue weighted by molar-refractivity contribution is 5.86. The van der Waals surface area contributed by atoms with E-state index in [4.69, 9.17) is 5.73 Å². The maximum absolute atomic E-state index is 5.87. The minimum absolute atomic E-state index is 0.552. The molecule has 1 aromatic carbocycles. The maximum Gasteiger partial charge on any atom is 0.131 e. The van der Waals surface area contributed by atoms with E-state index in [1.807, 2.05) is 36.4 Å². The van der Waals surface area contributed by atoms with Crippen molar-refractivity contribution in [2.45, 2.75) is 0 Å². The van der Waals surface area contributed by atoms with Crippen molar-refractivity contribution in [3.05, 3.63) is 54.9 Å². The SMILES string of the molecule is Nc1ncccc1-c1ccc2ncccc2c1. The lowest BCUT2D eigenvalue weighted by atomic mass is 10.0. The molecule has 0 spiro atoms. The summed E-state index contributed by atoms with van der Waals surface area (Å²) in [5.41, 5.74) is 8.88. The van der Waals surface area contributed by atoms with Crippen LogP contribution in [0.5, 0.6) is 0 Å². The maximum atomic E-state index is 5.87. The average Bonchev–Trinajstić information content (AvgIpc) is 2.39. The highest BCUT2D eigenvalue weighted by atomic mass is 14.8. The van der Waals surface area contributed by atoms with Crippen molar-refractivity contribution in [3.8, 4) is 11.1 Å². The van der Waals surface area contributed by atoms with E-state index in [-0.39, 0.29) is 0 Å². The molecule has 3 heteroatoms. The Kier molecular flexibility index (Phi) is 2.22. The normalized spacial score (nSPS) is 10.6. The van der Waals surface area contributed by atoms with Crippen LogP contribution in [0.3, 0.4) is 0 Å². The van der Waals surface area contributed by atoms with Crippen LogP contribution in [0.25, 0.3) is 22.0 Å². The summed E-state index contributed by atoms with van der Waals surface area (Å²) in [6.07, 6.45) is 3.49. The van der Waals surface area contributed by atoms with Crippen molar-refractivity contribution < 1.29 is 0 Å². The van der Waals surface area contributed by atoms with Gasteiger partial charge in [0.05, 0.1) is 5.52 Å². The number of fused-ring (bicyclic) bond motifs is 1. The molecule has 2 aromatic heterocycles. The smallest absolute Gasteiger partial charge is 0.131 e. The molecule has 0 amide bonds. The predicted molar refractivity (Wildman–Crippen MR) is 69.4 cm³/mol. The summed E-state index contributed by atoms with van der Waals surface area (Å²) < 4.78 is 0. The highest BCUT2D eigenvalue weighted by Gasteiger charge is 2.03. The molecular weight excluding hydrogens is 210 g/mol. The summed E-state index contributed by atoms with van der Waals surface area (Å²) in [6.45, 7) is 0. The average molecular weight is 221 g/mol. The summed E-state index contributed by atoms with van der Waals surface area (Å²) in [7, 11) is 0. The van der Waals surface area contributed by atoms with Crippen LogP contribution in [0.15, 0.2) is 54.9 Å². The first-order valence-corrected chi connectivity index (χ1v) is 5.40. The molecule has 0 saturated carbocycles. The van der Waals surface area contributed by atoms with Gasteiger partial charge in [-0.25, -0.2) is 4.98 Å². The fourth-order valence-electron chi connectivity index (χ4n) is 1.90. The summed E-state index contributed by atoms with van der Waals surface area (Å²) in [4.78, 5) is 8.39. The van der Waals surface area contributed by atoms with E-state index in [1.54, 1.807) is 12.4 Å². The molecule has 2 N–H and O–H groups in total. The quantitative estimate of drug-likeness (QED) is 0.687. The van der Waals surface area contributed by atoms with Gasteiger partial charge in [0.15, 0.2) is 0 Å². The summed E-state index contributed by atoms with van der Waals surface area (Å²) in [5.74, 6) is 0.552. The van der Waals surface area contributed by atoms with Gasteiger partial charge in [0.1, 0.15) is 5.82 Å². The van der Waals surface area contributed by atoms with E-state index in [9.17, 15) is 0 Å². The Morgan fingerprint density at radius 3 is 2.59 bits per heavy atom. The van der Waals surface area contributed by atoms with Crippen LogP contribution in [-0.2, 0) is 0 Å². The Bertz CT molecular complexity index is 677. The van der Waals surface area contributed by atoms with Crippen molar-refractivity contribution in [2.75, 3.05) is 5.73 Å². The molecule has 0 aliphatic heterocycles. The zero-order valence-electron chi connectivity index (χ0n) is 9.17. The number of rotatable bonds is 1. The Morgan fingerprint density at radius 1 is 0.882 bits per heavy atom. The molecule has 3 nitrogen and oxygen atoms in total. The number of nitrogens with two attached hydrogens (primary N) is 1. The zero-order valence-corrected chi connectivity index (χ0v) is 9.17. The van der Waals surface area contributed by atoms with Crippen LogP contribution >= 0.6 is 0 Å². The highest BCUT2D eigenvalue weighted by Crippen LogP contribution is 2.26. The van der Waals surface area contributed by atoms with Crippen molar-refractivity contribution in [2.24, 2.45) is 0 Å². The number of nitrogen functional groups attached to an aromatic ring is 1. The first-order chi connectivity index (χ1) is 8.34. The summed E-state index contributed by atoms with van der Waals surface area (Å²) in [5, 5.41) is 1.10. The summed E-state index contributed by atoms with van der Waals surface area (Å²) >= 11 is 0. The second kappa shape index (κ2) is 3.87. The molecule has 0 atom stereocenters. The fourth-order valence-corrected chi connectivity index (χ4v) is 1.90. The van der Waals surface area contributed by atoms with E-state index < -0.39 is 0 Å². The Labute approximate surface area is 98.9 Å². The van der Waals surface area contributed by atoms with Gasteiger partial charge in [-0.3, -0.25) is 4.98 Å². The molecule has 3 rings (SSSR count). The first-order valence-electron chi connectivity index (χ1n) is 5.40. The van der Waals surface area contributed by atoms with Gasteiger partial charge in [0.25, 0.3) is 0 Å². The van der Waals surface area contributed by atoms with Gasteiger partial charge in [-0.1, -0.05) is 12.1 Å². The van der Waals surface area contributed by atoms with Gasteiger partial charge in [0, 0.05) is 23.3 Å². The topological polar surface area (TPSA) is 51.8 Å². The third-order valence-corrected chi connectivity index (χ3v) is 2.75. The molecule has 0 unspecified atom stereocenters. The first kappa shape index (κ1) is 9.78. The third kappa shape index (κ3) is 1.72.